The van der Waals surface area contributed by atoms with Crippen molar-refractivity contribution in [3.8, 4) is 5.75 Å². The van der Waals surface area contributed by atoms with Gasteiger partial charge in [0.25, 0.3) is 0 Å². The largest absolute Gasteiger partial charge is 0.496 e. The minimum atomic E-state index is -3.71. The van der Waals surface area contributed by atoms with Crippen LogP contribution in [0.5, 0.6) is 5.75 Å². The van der Waals surface area contributed by atoms with Gasteiger partial charge in [-0.3, -0.25) is 4.79 Å². The molecule has 1 amide bonds. The molecule has 0 saturated carbocycles. The van der Waals surface area contributed by atoms with E-state index in [4.69, 9.17) is 4.74 Å². The highest BCUT2D eigenvalue weighted by Crippen LogP contribution is 2.32. The first-order valence-electron chi connectivity index (χ1n) is 10.2. The van der Waals surface area contributed by atoms with Crippen LogP contribution in [0, 0.1) is 6.92 Å². The molecule has 0 radical (unpaired) electrons. The van der Waals surface area contributed by atoms with E-state index in [0.717, 1.165) is 34.5 Å². The molecule has 2 aromatic rings. The van der Waals surface area contributed by atoms with Gasteiger partial charge >= 0.3 is 0 Å². The first-order valence-corrected chi connectivity index (χ1v) is 11.7. The summed E-state index contributed by atoms with van der Waals surface area (Å²) in [5, 5.41) is 0. The van der Waals surface area contributed by atoms with E-state index in [1.165, 1.54) is 0 Å². The summed E-state index contributed by atoms with van der Waals surface area (Å²) in [6.07, 6.45) is 1.37. The van der Waals surface area contributed by atoms with E-state index in [1.807, 2.05) is 26.0 Å². The Hall–Kier alpha value is -2.38. The minimum Gasteiger partial charge on any atom is -0.496 e. The van der Waals surface area contributed by atoms with Crippen LogP contribution in [-0.4, -0.2) is 28.0 Å². The lowest BCUT2D eigenvalue weighted by Gasteiger charge is -2.21. The van der Waals surface area contributed by atoms with Crippen LogP contribution in [-0.2, 0) is 14.8 Å². The van der Waals surface area contributed by atoms with Crippen molar-refractivity contribution in [2.45, 2.75) is 57.4 Å². The average molecular weight is 431 g/mol. The Bertz CT molecular complexity index is 1030. The van der Waals surface area contributed by atoms with Crippen LogP contribution < -0.4 is 14.4 Å². The van der Waals surface area contributed by atoms with E-state index in [9.17, 15) is 13.2 Å². The van der Waals surface area contributed by atoms with Crippen LogP contribution in [0.15, 0.2) is 41.3 Å². The van der Waals surface area contributed by atoms with Gasteiger partial charge in [0.05, 0.1) is 12.0 Å². The number of hydrogen-bond acceptors (Lipinski definition) is 4. The Kier molecular flexibility index (Phi) is 6.53. The van der Waals surface area contributed by atoms with Gasteiger partial charge in [0.1, 0.15) is 5.75 Å². The van der Waals surface area contributed by atoms with Crippen LogP contribution in [0.1, 0.15) is 62.3 Å². The number of carbonyl (C=O) groups excluding carboxylic acids is 1. The van der Waals surface area contributed by atoms with Crippen molar-refractivity contribution in [1.29, 1.82) is 0 Å². The van der Waals surface area contributed by atoms with Gasteiger partial charge in [0.2, 0.25) is 15.9 Å². The lowest BCUT2D eigenvalue weighted by molar-refractivity contribution is -0.117. The molecular formula is C23H30N2O4S. The Morgan fingerprint density at radius 3 is 2.27 bits per heavy atom. The Morgan fingerprint density at radius 1 is 1.07 bits per heavy atom. The molecule has 2 aromatic carbocycles. The minimum absolute atomic E-state index is 0.0771. The maximum atomic E-state index is 12.9. The SMILES string of the molecule is COc1cc(C)c([C@H](C)NS(=O)(=O)c2ccc(N3CCCC3=O)cc2)cc1C(C)C. The Morgan fingerprint density at radius 2 is 1.73 bits per heavy atom. The van der Waals surface area contributed by atoms with Gasteiger partial charge in [0.15, 0.2) is 0 Å². The maximum Gasteiger partial charge on any atom is 0.241 e. The fourth-order valence-corrected chi connectivity index (χ4v) is 5.12. The molecule has 1 atom stereocenters. The van der Waals surface area contributed by atoms with Crippen molar-refractivity contribution >= 4 is 21.6 Å². The summed E-state index contributed by atoms with van der Waals surface area (Å²) in [5.41, 5.74) is 3.66. The molecule has 1 fully saturated rings. The molecule has 0 aliphatic carbocycles. The number of ether oxygens (including phenoxy) is 1. The molecule has 1 saturated heterocycles. The highest BCUT2D eigenvalue weighted by atomic mass is 32.2. The highest BCUT2D eigenvalue weighted by molar-refractivity contribution is 7.89. The summed E-state index contributed by atoms with van der Waals surface area (Å²) < 4.78 is 34.2. The number of nitrogens with one attached hydrogen (secondary N) is 1. The third kappa shape index (κ3) is 4.52. The summed E-state index contributed by atoms with van der Waals surface area (Å²) in [6.45, 7) is 8.63. The van der Waals surface area contributed by atoms with Crippen LogP contribution in [0.4, 0.5) is 5.69 Å². The number of sulfonamides is 1. The quantitative estimate of drug-likeness (QED) is 0.711. The number of hydrogen-bond donors (Lipinski definition) is 1. The molecule has 6 nitrogen and oxygen atoms in total. The van der Waals surface area contributed by atoms with Crippen molar-refractivity contribution in [2.75, 3.05) is 18.6 Å². The zero-order valence-corrected chi connectivity index (χ0v) is 19.0. The average Bonchev–Trinajstić information content (AvgIpc) is 3.13. The summed E-state index contributed by atoms with van der Waals surface area (Å²) >= 11 is 0. The Labute approximate surface area is 179 Å². The van der Waals surface area contributed by atoms with E-state index in [2.05, 4.69) is 18.6 Å². The van der Waals surface area contributed by atoms with Crippen LogP contribution >= 0.6 is 0 Å². The maximum absolute atomic E-state index is 12.9. The lowest BCUT2D eigenvalue weighted by atomic mass is 9.94. The number of methoxy groups -OCH3 is 1. The molecular weight excluding hydrogens is 400 g/mol. The number of benzene rings is 2. The number of rotatable bonds is 7. The number of aryl methyl sites for hydroxylation is 1. The van der Waals surface area contributed by atoms with Crippen LogP contribution in [0.3, 0.4) is 0 Å². The van der Waals surface area contributed by atoms with Gasteiger partial charge in [-0.25, -0.2) is 13.1 Å². The van der Waals surface area contributed by atoms with E-state index in [0.29, 0.717) is 13.0 Å². The summed E-state index contributed by atoms with van der Waals surface area (Å²) in [6, 6.07) is 10.1. The molecule has 1 aliphatic rings. The number of nitrogens with zero attached hydrogens (tertiary/aromatic N) is 1. The highest BCUT2D eigenvalue weighted by Gasteiger charge is 2.24. The number of amides is 1. The first kappa shape index (κ1) is 22.3. The monoisotopic (exact) mass is 430 g/mol. The second kappa shape index (κ2) is 8.78. The van der Waals surface area contributed by atoms with Crippen LogP contribution in [0.25, 0.3) is 0 Å². The van der Waals surface area contributed by atoms with Crippen molar-refractivity contribution in [1.82, 2.24) is 4.72 Å². The summed E-state index contributed by atoms with van der Waals surface area (Å²) in [5.74, 6) is 1.14. The van der Waals surface area contributed by atoms with Gasteiger partial charge < -0.3 is 9.64 Å². The van der Waals surface area contributed by atoms with Crippen LogP contribution in [0.2, 0.25) is 0 Å². The second-order valence-electron chi connectivity index (χ2n) is 8.09. The molecule has 0 bridgehead atoms. The van der Waals surface area contributed by atoms with Crippen molar-refractivity contribution in [3.05, 3.63) is 53.1 Å². The fourth-order valence-electron chi connectivity index (χ4n) is 3.90. The predicted molar refractivity (Wildman–Crippen MR) is 119 cm³/mol. The molecule has 1 N–H and O–H groups in total. The standard InChI is InChI=1S/C23H30N2O4S/c1-15(2)20-14-21(16(3)13-22(20)29-5)17(4)24-30(27,28)19-10-8-18(9-11-19)25-12-6-7-23(25)26/h8-11,13-15,17,24H,6-7,12H2,1-5H3/t17-/m0/s1. The van der Waals surface area contributed by atoms with E-state index in [1.54, 1.807) is 36.3 Å². The topological polar surface area (TPSA) is 75.7 Å². The third-order valence-electron chi connectivity index (χ3n) is 5.57. The predicted octanol–water partition coefficient (Wildman–Crippen LogP) is 4.29. The lowest BCUT2D eigenvalue weighted by Crippen LogP contribution is -2.28. The molecule has 7 heteroatoms. The number of carbonyl (C=O) groups is 1. The van der Waals surface area contributed by atoms with E-state index in [-0.39, 0.29) is 16.7 Å². The van der Waals surface area contributed by atoms with Gasteiger partial charge in [-0.05, 0) is 79.3 Å². The normalized spacial score (nSPS) is 15.7. The fraction of sp³-hybridized carbons (Fsp3) is 0.435. The molecule has 1 aliphatic heterocycles. The van der Waals surface area contributed by atoms with Gasteiger partial charge in [-0.15, -0.1) is 0 Å². The Balaban J connectivity index is 1.83. The molecule has 1 heterocycles. The van der Waals surface area contributed by atoms with E-state index < -0.39 is 16.1 Å². The van der Waals surface area contributed by atoms with E-state index >= 15 is 0 Å². The van der Waals surface area contributed by atoms with Gasteiger partial charge in [-0.1, -0.05) is 13.8 Å². The summed E-state index contributed by atoms with van der Waals surface area (Å²) in [4.78, 5) is 13.8. The van der Waals surface area contributed by atoms with Crippen molar-refractivity contribution in [2.24, 2.45) is 0 Å². The smallest absolute Gasteiger partial charge is 0.241 e. The third-order valence-corrected chi connectivity index (χ3v) is 7.13. The molecule has 162 valence electrons. The molecule has 0 unspecified atom stereocenters. The van der Waals surface area contributed by atoms with Crippen molar-refractivity contribution in [3.63, 3.8) is 0 Å². The molecule has 0 aromatic heterocycles. The van der Waals surface area contributed by atoms with Gasteiger partial charge in [-0.2, -0.15) is 0 Å². The van der Waals surface area contributed by atoms with Gasteiger partial charge in [0, 0.05) is 24.7 Å². The zero-order valence-electron chi connectivity index (χ0n) is 18.2. The zero-order chi connectivity index (χ0) is 22.1. The molecule has 0 spiro atoms. The summed E-state index contributed by atoms with van der Waals surface area (Å²) in [7, 11) is -2.07. The first-order chi connectivity index (χ1) is 14.1. The molecule has 3 rings (SSSR count). The van der Waals surface area contributed by atoms with Crippen molar-refractivity contribution < 1.29 is 17.9 Å². The molecule has 30 heavy (non-hydrogen) atoms. The second-order valence-corrected chi connectivity index (χ2v) is 9.81. The number of anilines is 1.